The Morgan fingerprint density at radius 3 is 2.69 bits per heavy atom. The number of benzene rings is 2. The van der Waals surface area contributed by atoms with E-state index in [0.29, 0.717) is 11.1 Å². The number of thioether (sulfide) groups is 1. The van der Waals surface area contributed by atoms with Gasteiger partial charge < -0.3 is 14.5 Å². The molecule has 0 unspecified atom stereocenters. The van der Waals surface area contributed by atoms with Crippen molar-refractivity contribution in [2.24, 2.45) is 0 Å². The molecular formula is C18H16BrN3O3S. The summed E-state index contributed by atoms with van der Waals surface area (Å²) < 4.78 is 11.7. The number of carbonyl (C=O) groups is 1. The molecule has 0 atom stereocenters. The Balaban J connectivity index is 1.58. The number of nitrogens with one attached hydrogen (secondary N) is 1. The summed E-state index contributed by atoms with van der Waals surface area (Å²) in [7, 11) is 1.61. The Bertz CT molecular complexity index is 912. The number of aromatic nitrogens is 2. The van der Waals surface area contributed by atoms with Gasteiger partial charge in [0, 0.05) is 15.7 Å². The van der Waals surface area contributed by atoms with Crippen LogP contribution in [-0.2, 0) is 4.79 Å². The Morgan fingerprint density at radius 1 is 1.23 bits per heavy atom. The molecule has 1 N–H and O–H groups in total. The molecule has 0 aliphatic heterocycles. The molecule has 1 amide bonds. The molecule has 3 rings (SSSR count). The van der Waals surface area contributed by atoms with Crippen molar-refractivity contribution < 1.29 is 13.9 Å². The third-order valence-electron chi connectivity index (χ3n) is 3.53. The van der Waals surface area contributed by atoms with E-state index < -0.39 is 0 Å². The highest BCUT2D eigenvalue weighted by molar-refractivity contribution is 9.10. The number of aryl methyl sites for hydroxylation is 1. The average Bonchev–Trinajstić information content (AvgIpc) is 3.11. The van der Waals surface area contributed by atoms with Crippen LogP contribution in [0.5, 0.6) is 5.75 Å². The van der Waals surface area contributed by atoms with Crippen molar-refractivity contribution in [2.75, 3.05) is 18.2 Å². The van der Waals surface area contributed by atoms with Gasteiger partial charge in [0.25, 0.3) is 5.22 Å². The molecule has 0 saturated carbocycles. The van der Waals surface area contributed by atoms with E-state index in [4.69, 9.17) is 9.15 Å². The van der Waals surface area contributed by atoms with Crippen LogP contribution >= 0.6 is 27.7 Å². The van der Waals surface area contributed by atoms with Gasteiger partial charge >= 0.3 is 0 Å². The van der Waals surface area contributed by atoms with Crippen LogP contribution in [0.15, 0.2) is 56.6 Å². The summed E-state index contributed by atoms with van der Waals surface area (Å²) in [5, 5.41) is 11.2. The number of hydrogen-bond donors (Lipinski definition) is 1. The van der Waals surface area contributed by atoms with E-state index in [-0.39, 0.29) is 11.7 Å². The van der Waals surface area contributed by atoms with Crippen molar-refractivity contribution in [2.45, 2.75) is 12.1 Å². The van der Waals surface area contributed by atoms with Crippen LogP contribution in [0.1, 0.15) is 5.56 Å². The van der Waals surface area contributed by atoms with E-state index in [1.807, 2.05) is 49.4 Å². The van der Waals surface area contributed by atoms with Gasteiger partial charge in [-0.2, -0.15) is 0 Å². The van der Waals surface area contributed by atoms with Gasteiger partial charge in [-0.05, 0) is 55.0 Å². The second kappa shape index (κ2) is 8.37. The van der Waals surface area contributed by atoms with Crippen molar-refractivity contribution in [3.8, 4) is 17.2 Å². The van der Waals surface area contributed by atoms with Crippen molar-refractivity contribution in [1.82, 2.24) is 10.2 Å². The summed E-state index contributed by atoms with van der Waals surface area (Å²) in [6.07, 6.45) is 0. The van der Waals surface area contributed by atoms with E-state index in [1.54, 1.807) is 7.11 Å². The minimum atomic E-state index is -0.135. The molecule has 2 aromatic carbocycles. The highest BCUT2D eigenvalue weighted by atomic mass is 79.9. The number of ether oxygens (including phenoxy) is 1. The number of rotatable bonds is 6. The molecule has 0 bridgehead atoms. The normalized spacial score (nSPS) is 10.6. The first-order valence-corrected chi connectivity index (χ1v) is 9.50. The zero-order valence-corrected chi connectivity index (χ0v) is 16.6. The fourth-order valence-corrected chi connectivity index (χ4v) is 3.24. The molecule has 1 aromatic heterocycles. The lowest BCUT2D eigenvalue weighted by molar-refractivity contribution is -0.113. The maximum atomic E-state index is 12.1. The van der Waals surface area contributed by atoms with E-state index in [0.717, 1.165) is 27.0 Å². The van der Waals surface area contributed by atoms with Crippen LogP contribution in [-0.4, -0.2) is 29.0 Å². The van der Waals surface area contributed by atoms with Crippen molar-refractivity contribution in [3.05, 3.63) is 52.5 Å². The average molecular weight is 434 g/mol. The highest BCUT2D eigenvalue weighted by Crippen LogP contribution is 2.25. The molecule has 3 aromatic rings. The molecule has 8 heteroatoms. The third kappa shape index (κ3) is 4.64. The fraction of sp³-hybridized carbons (Fsp3) is 0.167. The molecule has 0 radical (unpaired) electrons. The van der Waals surface area contributed by atoms with Crippen LogP contribution in [0.3, 0.4) is 0 Å². The molecule has 0 aliphatic rings. The van der Waals surface area contributed by atoms with Crippen LogP contribution in [0, 0.1) is 6.92 Å². The monoisotopic (exact) mass is 433 g/mol. The van der Waals surface area contributed by atoms with Crippen molar-refractivity contribution in [1.29, 1.82) is 0 Å². The number of hydrogen-bond acceptors (Lipinski definition) is 6. The zero-order valence-electron chi connectivity index (χ0n) is 14.2. The Morgan fingerprint density at radius 2 is 2.00 bits per heavy atom. The van der Waals surface area contributed by atoms with Gasteiger partial charge in [-0.25, -0.2) is 0 Å². The first-order valence-electron chi connectivity index (χ1n) is 7.72. The standard InChI is InChI=1S/C18H16BrN3O3S/c1-11-9-13(19)5-8-15(11)20-16(23)10-26-18-22-21-17(25-18)12-3-6-14(24-2)7-4-12/h3-9H,10H2,1-2H3,(H,20,23). The van der Waals surface area contributed by atoms with Crippen molar-refractivity contribution >= 4 is 39.3 Å². The maximum Gasteiger partial charge on any atom is 0.277 e. The second-order valence-corrected chi connectivity index (χ2v) is 7.24. The first-order chi connectivity index (χ1) is 12.5. The summed E-state index contributed by atoms with van der Waals surface area (Å²) in [5.74, 6) is 1.20. The van der Waals surface area contributed by atoms with Gasteiger partial charge in [-0.1, -0.05) is 27.7 Å². The SMILES string of the molecule is COc1ccc(-c2nnc(SCC(=O)Nc3ccc(Br)cc3C)o2)cc1. The van der Waals surface area contributed by atoms with Crippen LogP contribution in [0.4, 0.5) is 5.69 Å². The third-order valence-corrected chi connectivity index (χ3v) is 4.84. The van der Waals surface area contributed by atoms with E-state index in [9.17, 15) is 4.79 Å². The molecule has 0 spiro atoms. The predicted octanol–water partition coefficient (Wildman–Crippen LogP) is 4.55. The summed E-state index contributed by atoms with van der Waals surface area (Å²) in [6.45, 7) is 1.94. The van der Waals surface area contributed by atoms with Crippen LogP contribution < -0.4 is 10.1 Å². The lowest BCUT2D eigenvalue weighted by Gasteiger charge is -2.07. The number of methoxy groups -OCH3 is 1. The second-order valence-electron chi connectivity index (χ2n) is 5.40. The number of carbonyl (C=O) groups excluding carboxylic acids is 1. The molecule has 1 heterocycles. The predicted molar refractivity (Wildman–Crippen MR) is 105 cm³/mol. The molecule has 0 aliphatic carbocycles. The minimum absolute atomic E-state index is 0.135. The lowest BCUT2D eigenvalue weighted by atomic mass is 10.2. The smallest absolute Gasteiger partial charge is 0.277 e. The Hall–Kier alpha value is -2.32. The molecule has 0 fully saturated rings. The van der Waals surface area contributed by atoms with Gasteiger partial charge in [0.1, 0.15) is 5.75 Å². The summed E-state index contributed by atoms with van der Waals surface area (Å²) in [6, 6.07) is 13.0. The summed E-state index contributed by atoms with van der Waals surface area (Å²) in [5.41, 5.74) is 2.56. The number of anilines is 1. The zero-order chi connectivity index (χ0) is 18.5. The van der Waals surface area contributed by atoms with Crippen LogP contribution in [0.25, 0.3) is 11.5 Å². The van der Waals surface area contributed by atoms with E-state index in [1.165, 1.54) is 11.8 Å². The van der Waals surface area contributed by atoms with Gasteiger partial charge in [-0.15, -0.1) is 10.2 Å². The molecule has 6 nitrogen and oxygen atoms in total. The van der Waals surface area contributed by atoms with Crippen molar-refractivity contribution in [3.63, 3.8) is 0 Å². The van der Waals surface area contributed by atoms with E-state index >= 15 is 0 Å². The number of nitrogens with zero attached hydrogens (tertiary/aromatic N) is 2. The van der Waals surface area contributed by atoms with E-state index in [2.05, 4.69) is 31.4 Å². The Labute approximate surface area is 163 Å². The minimum Gasteiger partial charge on any atom is -0.497 e. The van der Waals surface area contributed by atoms with Crippen LogP contribution in [0.2, 0.25) is 0 Å². The maximum absolute atomic E-state index is 12.1. The summed E-state index contributed by atoms with van der Waals surface area (Å²) >= 11 is 4.60. The quantitative estimate of drug-likeness (QED) is 0.574. The first kappa shape index (κ1) is 18.5. The van der Waals surface area contributed by atoms with Gasteiger partial charge in [0.2, 0.25) is 11.8 Å². The molecule has 26 heavy (non-hydrogen) atoms. The number of halogens is 1. The van der Waals surface area contributed by atoms with Gasteiger partial charge in [0.05, 0.1) is 12.9 Å². The largest absolute Gasteiger partial charge is 0.497 e. The Kier molecular flexibility index (Phi) is 5.95. The molecule has 134 valence electrons. The lowest BCUT2D eigenvalue weighted by Crippen LogP contribution is -2.14. The fourth-order valence-electron chi connectivity index (χ4n) is 2.20. The highest BCUT2D eigenvalue weighted by Gasteiger charge is 2.12. The van der Waals surface area contributed by atoms with Gasteiger partial charge in [-0.3, -0.25) is 4.79 Å². The topological polar surface area (TPSA) is 77.2 Å². The van der Waals surface area contributed by atoms with Gasteiger partial charge in [0.15, 0.2) is 0 Å². The molecule has 0 saturated heterocycles. The summed E-state index contributed by atoms with van der Waals surface area (Å²) in [4.78, 5) is 12.1. The number of amides is 1. The molecular weight excluding hydrogens is 418 g/mol.